The standard InChI is InChI=1S/C25H24N4O4S/c1-3-14-28-24(30)23(34-25(28)26-18-10-12-22(13-11-18)33-4-2)17-20-9-6-15-27(20)19-7-5-8-21(16-19)29(31)32/h5-13,15-17H,3-4,14H2,1-2H3/b23-17+,26-25?. The fraction of sp³-hybridized carbons (Fsp3) is 0.200. The molecule has 34 heavy (non-hydrogen) atoms. The molecule has 0 atom stereocenters. The Kier molecular flexibility index (Phi) is 7.12. The lowest BCUT2D eigenvalue weighted by Gasteiger charge is -2.14. The van der Waals surface area contributed by atoms with E-state index >= 15 is 0 Å². The molecule has 0 bridgehead atoms. The molecule has 0 radical (unpaired) electrons. The number of benzene rings is 2. The highest BCUT2D eigenvalue weighted by molar-refractivity contribution is 8.18. The molecule has 0 aliphatic carbocycles. The fourth-order valence-corrected chi connectivity index (χ4v) is 4.55. The van der Waals surface area contributed by atoms with Crippen LogP contribution in [0.5, 0.6) is 5.75 Å². The summed E-state index contributed by atoms with van der Waals surface area (Å²) in [5, 5.41) is 11.8. The number of non-ortho nitro benzene ring substituents is 1. The van der Waals surface area contributed by atoms with Crippen LogP contribution in [0.15, 0.2) is 76.8 Å². The number of rotatable bonds is 8. The van der Waals surface area contributed by atoms with Crippen molar-refractivity contribution in [1.29, 1.82) is 0 Å². The van der Waals surface area contributed by atoms with Gasteiger partial charge in [-0.3, -0.25) is 19.8 Å². The van der Waals surface area contributed by atoms with E-state index < -0.39 is 4.92 Å². The van der Waals surface area contributed by atoms with Gasteiger partial charge in [-0.2, -0.15) is 0 Å². The molecule has 1 amide bonds. The zero-order valence-electron chi connectivity index (χ0n) is 18.9. The Bertz CT molecular complexity index is 1260. The lowest BCUT2D eigenvalue weighted by molar-refractivity contribution is -0.384. The first-order valence-corrected chi connectivity index (χ1v) is 11.8. The van der Waals surface area contributed by atoms with Crippen molar-refractivity contribution in [1.82, 2.24) is 9.47 Å². The molecular formula is C25H24N4O4S. The molecular weight excluding hydrogens is 452 g/mol. The first-order chi connectivity index (χ1) is 16.5. The third kappa shape index (κ3) is 5.04. The largest absolute Gasteiger partial charge is 0.494 e. The SMILES string of the molecule is CCCN1C(=O)/C(=C\c2cccn2-c2cccc([N+](=O)[O-])c2)SC1=Nc1ccc(OCC)cc1. The minimum absolute atomic E-state index is 0.00927. The second kappa shape index (κ2) is 10.4. The van der Waals surface area contributed by atoms with Gasteiger partial charge in [0.1, 0.15) is 5.75 Å². The van der Waals surface area contributed by atoms with Crippen molar-refractivity contribution in [2.24, 2.45) is 4.99 Å². The van der Waals surface area contributed by atoms with Gasteiger partial charge in [0, 0.05) is 30.6 Å². The molecule has 0 N–H and O–H groups in total. The Morgan fingerprint density at radius 1 is 1.12 bits per heavy atom. The number of ether oxygens (including phenoxy) is 1. The molecule has 1 fully saturated rings. The highest BCUT2D eigenvalue weighted by Gasteiger charge is 2.33. The van der Waals surface area contributed by atoms with Crippen molar-refractivity contribution in [2.75, 3.05) is 13.2 Å². The third-order valence-corrected chi connectivity index (χ3v) is 6.09. The number of aliphatic imine (C=N–C) groups is 1. The van der Waals surface area contributed by atoms with Crippen molar-refractivity contribution in [2.45, 2.75) is 20.3 Å². The smallest absolute Gasteiger partial charge is 0.271 e. The molecule has 0 spiro atoms. The summed E-state index contributed by atoms with van der Waals surface area (Å²) < 4.78 is 7.30. The van der Waals surface area contributed by atoms with Gasteiger partial charge >= 0.3 is 0 Å². The quantitative estimate of drug-likeness (QED) is 0.233. The normalized spacial score (nSPS) is 15.9. The molecule has 0 unspecified atom stereocenters. The number of nitrogens with zero attached hydrogens (tertiary/aromatic N) is 4. The number of hydrogen-bond donors (Lipinski definition) is 0. The first-order valence-electron chi connectivity index (χ1n) is 10.9. The van der Waals surface area contributed by atoms with Crippen molar-refractivity contribution >= 4 is 40.3 Å². The number of nitro groups is 1. The van der Waals surface area contributed by atoms with Gasteiger partial charge in [-0.25, -0.2) is 4.99 Å². The Morgan fingerprint density at radius 2 is 1.91 bits per heavy atom. The van der Waals surface area contributed by atoms with E-state index in [9.17, 15) is 14.9 Å². The lowest BCUT2D eigenvalue weighted by Crippen LogP contribution is -2.29. The zero-order valence-corrected chi connectivity index (χ0v) is 19.7. The monoisotopic (exact) mass is 476 g/mol. The van der Waals surface area contributed by atoms with Crippen molar-refractivity contribution < 1.29 is 14.5 Å². The fourth-order valence-electron chi connectivity index (χ4n) is 3.54. The van der Waals surface area contributed by atoms with Gasteiger partial charge in [0.15, 0.2) is 5.17 Å². The van der Waals surface area contributed by atoms with Crippen LogP contribution in [0.1, 0.15) is 26.0 Å². The van der Waals surface area contributed by atoms with E-state index in [4.69, 9.17) is 9.73 Å². The average Bonchev–Trinajstić information content (AvgIpc) is 3.41. The molecule has 3 aromatic rings. The first kappa shape index (κ1) is 23.3. The number of nitro benzene ring substituents is 1. The molecule has 9 heteroatoms. The Hall–Kier alpha value is -3.85. The van der Waals surface area contributed by atoms with Crippen molar-refractivity contribution in [3.63, 3.8) is 0 Å². The maximum absolute atomic E-state index is 13.2. The summed E-state index contributed by atoms with van der Waals surface area (Å²) in [7, 11) is 0. The second-order valence-electron chi connectivity index (χ2n) is 7.47. The van der Waals surface area contributed by atoms with Crippen LogP contribution in [-0.4, -0.2) is 38.6 Å². The summed E-state index contributed by atoms with van der Waals surface area (Å²) in [5.74, 6) is 0.665. The van der Waals surface area contributed by atoms with E-state index in [1.807, 2.05) is 61.0 Å². The number of carbonyl (C=O) groups excluding carboxylic acids is 1. The van der Waals surface area contributed by atoms with Crippen molar-refractivity contribution in [3.05, 3.63) is 87.6 Å². The molecule has 174 valence electrons. The minimum Gasteiger partial charge on any atom is -0.494 e. The van der Waals surface area contributed by atoms with Crippen LogP contribution >= 0.6 is 11.8 Å². The Labute approximate surface area is 201 Å². The maximum Gasteiger partial charge on any atom is 0.271 e. The number of thioether (sulfide) groups is 1. The minimum atomic E-state index is -0.423. The predicted molar refractivity (Wildman–Crippen MR) is 135 cm³/mol. The van der Waals surface area contributed by atoms with Crippen LogP contribution in [0.3, 0.4) is 0 Å². The Balaban J connectivity index is 1.65. The van der Waals surface area contributed by atoms with Gasteiger partial charge in [-0.1, -0.05) is 13.0 Å². The molecule has 8 nitrogen and oxygen atoms in total. The van der Waals surface area contributed by atoms with Crippen LogP contribution < -0.4 is 4.74 Å². The van der Waals surface area contributed by atoms with Crippen LogP contribution in [0.25, 0.3) is 11.8 Å². The van der Waals surface area contributed by atoms with E-state index in [0.717, 1.165) is 23.6 Å². The van der Waals surface area contributed by atoms with Gasteiger partial charge in [-0.15, -0.1) is 0 Å². The number of hydrogen-bond acceptors (Lipinski definition) is 6. The van der Waals surface area contributed by atoms with Gasteiger partial charge < -0.3 is 9.30 Å². The number of carbonyl (C=O) groups is 1. The number of amidine groups is 1. The average molecular weight is 477 g/mol. The highest BCUT2D eigenvalue weighted by Crippen LogP contribution is 2.35. The summed E-state index contributed by atoms with van der Waals surface area (Å²) in [6.07, 6.45) is 4.41. The Morgan fingerprint density at radius 3 is 2.62 bits per heavy atom. The van der Waals surface area contributed by atoms with E-state index in [0.29, 0.717) is 28.9 Å². The predicted octanol–water partition coefficient (Wildman–Crippen LogP) is 5.80. The highest BCUT2D eigenvalue weighted by atomic mass is 32.2. The maximum atomic E-state index is 13.2. The number of amides is 1. The van der Waals surface area contributed by atoms with Gasteiger partial charge in [-0.05, 0) is 73.6 Å². The van der Waals surface area contributed by atoms with Crippen LogP contribution in [0.4, 0.5) is 11.4 Å². The molecule has 2 heterocycles. The van der Waals surface area contributed by atoms with Gasteiger partial charge in [0.2, 0.25) is 0 Å². The van der Waals surface area contributed by atoms with E-state index in [2.05, 4.69) is 0 Å². The summed E-state index contributed by atoms with van der Waals surface area (Å²) in [6, 6.07) is 17.5. The summed E-state index contributed by atoms with van der Waals surface area (Å²) in [4.78, 5) is 30.9. The van der Waals surface area contributed by atoms with Crippen LogP contribution in [0, 0.1) is 10.1 Å². The number of aromatic nitrogens is 1. The van der Waals surface area contributed by atoms with E-state index in [1.165, 1.54) is 23.9 Å². The van der Waals surface area contributed by atoms with Crippen LogP contribution in [0.2, 0.25) is 0 Å². The molecule has 1 aliphatic rings. The van der Waals surface area contributed by atoms with Crippen molar-refractivity contribution in [3.8, 4) is 11.4 Å². The molecule has 1 aliphatic heterocycles. The summed E-state index contributed by atoms with van der Waals surface area (Å²) in [5.41, 5.74) is 2.14. The molecule has 1 saturated heterocycles. The lowest BCUT2D eigenvalue weighted by atomic mass is 10.2. The third-order valence-electron chi connectivity index (χ3n) is 5.09. The molecule has 0 saturated carbocycles. The van der Waals surface area contributed by atoms with Crippen LogP contribution in [-0.2, 0) is 4.79 Å². The van der Waals surface area contributed by atoms with Gasteiger partial charge in [0.05, 0.1) is 27.8 Å². The van der Waals surface area contributed by atoms with E-state index in [-0.39, 0.29) is 11.6 Å². The summed E-state index contributed by atoms with van der Waals surface area (Å²) in [6.45, 7) is 5.10. The molecule has 4 rings (SSSR count). The molecule has 1 aromatic heterocycles. The summed E-state index contributed by atoms with van der Waals surface area (Å²) >= 11 is 1.32. The van der Waals surface area contributed by atoms with Gasteiger partial charge in [0.25, 0.3) is 11.6 Å². The molecule has 2 aromatic carbocycles. The topological polar surface area (TPSA) is 90.0 Å². The zero-order chi connectivity index (χ0) is 24.1. The second-order valence-corrected chi connectivity index (χ2v) is 8.48. The van der Waals surface area contributed by atoms with E-state index in [1.54, 1.807) is 23.1 Å².